The number of nitrogens with one attached hydrogen (secondary N) is 6. The van der Waals surface area contributed by atoms with Crippen LogP contribution in [0.1, 0.15) is 155 Å². The fourth-order valence-corrected chi connectivity index (χ4v) is 9.47. The lowest BCUT2D eigenvalue weighted by molar-refractivity contribution is -0.169. The summed E-state index contributed by atoms with van der Waals surface area (Å²) in [6.45, 7) is 18.0. The van der Waals surface area contributed by atoms with Crippen molar-refractivity contribution in [1.29, 1.82) is 0 Å². The fourth-order valence-electron chi connectivity index (χ4n) is 8.87. The Balaban J connectivity index is 1.43. The molecule has 0 bridgehead atoms. The molecule has 8 amide bonds. The van der Waals surface area contributed by atoms with Crippen LogP contribution >= 0.6 is 8.25 Å². The monoisotopic (exact) mass is 1190 g/mol. The second-order valence-electron chi connectivity index (χ2n) is 19.9. The van der Waals surface area contributed by atoms with Gasteiger partial charge in [-0.05, 0) is 116 Å². The van der Waals surface area contributed by atoms with E-state index in [1.54, 1.807) is 67.5 Å². The lowest BCUT2D eigenvalue weighted by Crippen LogP contribution is -2.50. The van der Waals surface area contributed by atoms with E-state index in [4.69, 9.17) is 37.0 Å². The van der Waals surface area contributed by atoms with Crippen LogP contribution < -0.4 is 50.4 Å². The third-order valence-corrected chi connectivity index (χ3v) is 13.4. The van der Waals surface area contributed by atoms with Crippen molar-refractivity contribution >= 4 is 56.9 Å². The van der Waals surface area contributed by atoms with Crippen LogP contribution in [0, 0.1) is 11.8 Å². The van der Waals surface area contributed by atoms with Crippen molar-refractivity contribution in [3.63, 3.8) is 0 Å². The van der Waals surface area contributed by atoms with Crippen molar-refractivity contribution < 1.29 is 80.0 Å². The van der Waals surface area contributed by atoms with Gasteiger partial charge in [-0.2, -0.15) is 10.1 Å². The topological polar surface area (TPSA) is 314 Å². The first-order valence-corrected chi connectivity index (χ1v) is 29.6. The third-order valence-electron chi connectivity index (χ3n) is 12.7. The highest BCUT2D eigenvalue weighted by molar-refractivity contribution is 7.34. The van der Waals surface area contributed by atoms with Crippen molar-refractivity contribution in [2.75, 3.05) is 26.6 Å². The predicted octanol–water partition coefficient (Wildman–Crippen LogP) is 9.69. The summed E-state index contributed by atoms with van der Waals surface area (Å²) >= 11 is 0. The molecule has 4 aromatic rings. The van der Waals surface area contributed by atoms with Gasteiger partial charge in [-0.1, -0.05) is 66.2 Å². The van der Waals surface area contributed by atoms with Crippen LogP contribution in [0.5, 0.6) is 23.0 Å². The number of unbranched alkanes of at least 4 members (excludes halogenated alkanes) is 4. The van der Waals surface area contributed by atoms with Gasteiger partial charge in [0.05, 0.1) is 50.5 Å². The van der Waals surface area contributed by atoms with E-state index in [9.17, 15) is 42.9 Å². The van der Waals surface area contributed by atoms with E-state index in [0.717, 1.165) is 35.8 Å². The Morgan fingerprint density at radius 3 is 1.25 bits per heavy atom. The van der Waals surface area contributed by atoms with Crippen molar-refractivity contribution in [1.82, 2.24) is 42.0 Å². The van der Waals surface area contributed by atoms with Crippen LogP contribution in [0.4, 0.5) is 9.59 Å². The smallest absolute Gasteiger partial charge is 0.494 e. The molecule has 460 valence electrons. The molecule has 84 heavy (non-hydrogen) atoms. The second-order valence-corrected chi connectivity index (χ2v) is 20.7. The van der Waals surface area contributed by atoms with Crippen LogP contribution in [-0.4, -0.2) is 109 Å². The maximum Gasteiger partial charge on any atom is 0.805 e. The van der Waals surface area contributed by atoms with E-state index >= 15 is 0 Å². The molecule has 0 aliphatic heterocycles. The van der Waals surface area contributed by atoms with Crippen molar-refractivity contribution in [2.45, 2.75) is 158 Å². The summed E-state index contributed by atoms with van der Waals surface area (Å²) in [5.74, 6) is -2.82. The van der Waals surface area contributed by atoms with Crippen molar-refractivity contribution in [2.24, 2.45) is 11.8 Å². The summed E-state index contributed by atoms with van der Waals surface area (Å²) in [6, 6.07) is 13.1. The number of hydrogen-bond donors (Lipinski definition) is 6. The lowest BCUT2D eigenvalue weighted by Gasteiger charge is -2.32. The van der Waals surface area contributed by atoms with E-state index in [-0.39, 0.29) is 73.2 Å². The van der Waals surface area contributed by atoms with Crippen LogP contribution in [0.25, 0.3) is 22.6 Å². The number of hydrogen-bond acceptors (Lipinski definition) is 17. The summed E-state index contributed by atoms with van der Waals surface area (Å²) in [7, 11) is -2.94. The van der Waals surface area contributed by atoms with Crippen molar-refractivity contribution in [3.05, 3.63) is 72.2 Å². The molecule has 2 heterocycles. The molecule has 2 aromatic heterocycles. The fraction of sp³-hybridized carbons (Fsp3) is 0.517. The molecule has 4 rings (SSSR count). The van der Waals surface area contributed by atoms with Crippen LogP contribution in [0.2, 0.25) is 0 Å². The standard InChI is InChI=1S/C58H81N8O17P/c1-11-17-19-21-45(47(13-3)65(35-67)80-57(73)63-37(7)8)53(69)59-33-61-55(71)51-25-23-49(78-51)39-27-41(76-15-5)31-43(29-39)82-84(75)83-44-30-40(28-42(32-44)77-16-6)50-24-26-52(79-50)56(72)62-34-60-54(70)46(22-20-18-12-2)48(14-4)66(36-68)81-58(74)64-38(9)10/h23-32,35-38,45-48H,11-22,33-34H2,1-10H3,(H5-,59,60,61,62,63,64,69,70,71,72,73,74)/p+1/t45-,46-,47-,48-/m1/s1. The van der Waals surface area contributed by atoms with Gasteiger partial charge in [-0.25, -0.2) is 18.6 Å². The number of nitrogens with zero attached hydrogens (tertiary/aromatic N) is 2. The normalized spacial score (nSPS) is 12.3. The number of amides is 8. The van der Waals surface area contributed by atoms with E-state index in [2.05, 4.69) is 31.9 Å². The zero-order chi connectivity index (χ0) is 61.7. The van der Waals surface area contributed by atoms with Gasteiger partial charge in [0, 0.05) is 39.9 Å². The molecule has 0 aliphatic rings. The zero-order valence-corrected chi connectivity index (χ0v) is 50.5. The summed E-state index contributed by atoms with van der Waals surface area (Å²) in [6.07, 6.45) is 5.20. The van der Waals surface area contributed by atoms with E-state index in [1.165, 1.54) is 48.5 Å². The maximum absolute atomic E-state index is 13.6. The molecule has 0 spiro atoms. The minimum absolute atomic E-state index is 0.0551. The van der Waals surface area contributed by atoms with Gasteiger partial charge in [0.1, 0.15) is 23.0 Å². The van der Waals surface area contributed by atoms with Gasteiger partial charge in [-0.3, -0.25) is 28.8 Å². The highest BCUT2D eigenvalue weighted by Crippen LogP contribution is 2.39. The second kappa shape index (κ2) is 35.6. The van der Waals surface area contributed by atoms with E-state index in [1.807, 2.05) is 13.8 Å². The molecular formula is C58H82N8O17P+. The quantitative estimate of drug-likeness (QED) is 0.00799. The van der Waals surface area contributed by atoms with E-state index < -0.39 is 68.0 Å². The summed E-state index contributed by atoms with van der Waals surface area (Å²) in [4.78, 5) is 113. The van der Waals surface area contributed by atoms with Gasteiger partial charge in [0.15, 0.2) is 23.0 Å². The maximum atomic E-state index is 13.6. The highest BCUT2D eigenvalue weighted by atomic mass is 31.1. The average Bonchev–Trinajstić information content (AvgIpc) is 4.29. The highest BCUT2D eigenvalue weighted by Gasteiger charge is 2.36. The largest absolute Gasteiger partial charge is 0.805 e. The molecule has 0 fully saturated rings. The van der Waals surface area contributed by atoms with Gasteiger partial charge in [0.25, 0.3) is 11.8 Å². The molecule has 0 saturated carbocycles. The lowest BCUT2D eigenvalue weighted by atomic mass is 9.90. The summed E-state index contributed by atoms with van der Waals surface area (Å²) in [5.41, 5.74) is 0.767. The molecule has 26 heteroatoms. The molecule has 0 unspecified atom stereocenters. The minimum atomic E-state index is -2.94. The Labute approximate surface area is 491 Å². The first kappa shape index (κ1) is 68.2. The molecule has 2 aromatic carbocycles. The molecule has 4 atom stereocenters. The molecule has 25 nitrogen and oxygen atoms in total. The Morgan fingerprint density at radius 2 is 0.917 bits per heavy atom. The first-order chi connectivity index (χ1) is 40.3. The van der Waals surface area contributed by atoms with Gasteiger partial charge in [0.2, 0.25) is 24.6 Å². The molecule has 6 N–H and O–H groups in total. The number of furan rings is 2. The number of hydroxylamine groups is 4. The Bertz CT molecular complexity index is 2620. The Kier molecular flexibility index (Phi) is 28.9. The summed E-state index contributed by atoms with van der Waals surface area (Å²) in [5, 5.41) is 17.5. The third kappa shape index (κ3) is 21.8. The molecule has 0 saturated heterocycles. The average molecular weight is 1190 g/mol. The van der Waals surface area contributed by atoms with Crippen LogP contribution in [0.15, 0.2) is 69.5 Å². The molecular weight excluding hydrogens is 1110 g/mol. The van der Waals surface area contributed by atoms with Gasteiger partial charge in [-0.15, -0.1) is 0 Å². The number of benzene rings is 2. The molecule has 0 aliphatic carbocycles. The number of carbonyl (C=O) groups excluding carboxylic acids is 8. The van der Waals surface area contributed by atoms with Gasteiger partial charge < -0.3 is 59.9 Å². The van der Waals surface area contributed by atoms with Crippen LogP contribution in [0.3, 0.4) is 0 Å². The van der Waals surface area contributed by atoms with Crippen LogP contribution in [-0.2, 0) is 33.4 Å². The predicted molar refractivity (Wildman–Crippen MR) is 309 cm³/mol. The Hall–Kier alpha value is -8.34. The number of rotatable bonds is 38. The SMILES string of the molecule is CCCCC[C@@H](C(=O)NCNC(=O)c1ccc(-c2cc(OCC)cc(O[P+](=O)Oc3cc(OCC)cc(-c4ccc(C(=O)NCNC(=O)[C@H](CCCCC)[C@@H](CC)N(C=O)OC(=O)NC(C)C)o4)c3)c2)o1)[C@@H](CC)N(C=O)OC(=O)NC(C)C. The number of carbonyl (C=O) groups is 8. The van der Waals surface area contributed by atoms with E-state index in [0.29, 0.717) is 74.0 Å². The Morgan fingerprint density at radius 1 is 0.536 bits per heavy atom. The number of ether oxygens (including phenoxy) is 2. The minimum Gasteiger partial charge on any atom is -0.494 e. The van der Waals surface area contributed by atoms with Gasteiger partial charge >= 0.3 is 20.4 Å². The zero-order valence-electron chi connectivity index (χ0n) is 49.6. The molecule has 0 radical (unpaired) electrons. The first-order valence-electron chi connectivity index (χ1n) is 28.5. The summed E-state index contributed by atoms with van der Waals surface area (Å²) < 4.78 is 48.5. The van der Waals surface area contributed by atoms with Crippen molar-refractivity contribution in [3.8, 4) is 45.6 Å².